The van der Waals surface area contributed by atoms with Gasteiger partial charge in [0.25, 0.3) is 0 Å². The Hall–Kier alpha value is 0.680. The molecule has 0 radical (unpaired) electrons. The minimum absolute atomic E-state index is 0.000895. The van der Waals surface area contributed by atoms with Crippen LogP contribution < -0.4 is 5.30 Å². The van der Waals surface area contributed by atoms with Crippen LogP contribution in [0.4, 0.5) is 0 Å². The van der Waals surface area contributed by atoms with Crippen LogP contribution in [0.25, 0.3) is 0 Å². The number of rotatable bonds is 4. The quantitative estimate of drug-likeness (QED) is 0.539. The minimum atomic E-state index is -1.23. The van der Waals surface area contributed by atoms with Crippen LogP contribution in [0.2, 0.25) is 0 Å². The first-order valence-corrected chi connectivity index (χ1v) is 12.7. The standard InChI is InChI=1S/C10H15P.Au.ClH/c1-3-11(4-2)10-8-6-5-7-9-10;;/h5-9H,3-4H2,1-2H3;;1H. The van der Waals surface area contributed by atoms with Gasteiger partial charge in [-0.3, -0.25) is 0 Å². The molecule has 0 N–H and O–H groups in total. The summed E-state index contributed by atoms with van der Waals surface area (Å²) in [7, 11) is 6.22. The van der Waals surface area contributed by atoms with Crippen LogP contribution >= 0.6 is 14.3 Å². The third kappa shape index (κ3) is 2.58. The topological polar surface area (TPSA) is 0 Å². The number of hydrogen-bond acceptors (Lipinski definition) is 0. The molecule has 0 aliphatic heterocycles. The molecule has 0 aliphatic carbocycles. The number of halogens is 1. The van der Waals surface area contributed by atoms with Crippen molar-refractivity contribution in [3.63, 3.8) is 0 Å². The van der Waals surface area contributed by atoms with Crippen molar-refractivity contribution >= 4 is 19.6 Å². The molecule has 0 aromatic heterocycles. The Balaban J connectivity index is 3.01. The molecule has 1 aromatic rings. The fraction of sp³-hybridized carbons (Fsp3) is 0.400. The summed E-state index contributed by atoms with van der Waals surface area (Å²) in [6.07, 6.45) is 2.58. The predicted molar refractivity (Wildman–Crippen MR) is 61.3 cm³/mol. The third-order valence-electron chi connectivity index (χ3n) is 2.44. The summed E-state index contributed by atoms with van der Waals surface area (Å²) >= 11 is -0.000895. The van der Waals surface area contributed by atoms with E-state index in [0.717, 1.165) is 0 Å². The van der Waals surface area contributed by atoms with Gasteiger partial charge < -0.3 is 0 Å². The van der Waals surface area contributed by atoms with Gasteiger partial charge in [0.2, 0.25) is 0 Å². The SMILES string of the molecule is CC[PH](CC)([Au][Cl])c1ccccc1. The molecule has 0 aliphatic rings. The summed E-state index contributed by atoms with van der Waals surface area (Å²) in [5, 5.41) is 0.322. The van der Waals surface area contributed by atoms with Crippen molar-refractivity contribution in [1.82, 2.24) is 0 Å². The van der Waals surface area contributed by atoms with E-state index < -0.39 is 5.15 Å². The summed E-state index contributed by atoms with van der Waals surface area (Å²) in [5.41, 5.74) is 0. The van der Waals surface area contributed by atoms with Gasteiger partial charge in [-0.05, 0) is 0 Å². The van der Waals surface area contributed by atoms with E-state index in [0.29, 0.717) is 0 Å². The summed E-state index contributed by atoms with van der Waals surface area (Å²) in [6.45, 7) is 4.59. The van der Waals surface area contributed by atoms with Crippen molar-refractivity contribution in [2.45, 2.75) is 13.8 Å². The Kier molecular flexibility index (Phi) is 5.00. The van der Waals surface area contributed by atoms with E-state index in [9.17, 15) is 0 Å². The van der Waals surface area contributed by atoms with Crippen LogP contribution in [0.5, 0.6) is 0 Å². The average Bonchev–Trinajstić information content (AvgIpc) is 2.23. The predicted octanol–water partition coefficient (Wildman–Crippen LogP) is 3.25. The van der Waals surface area contributed by atoms with Crippen LogP contribution in [-0.2, 0) is 18.1 Å². The molecule has 1 rings (SSSR count). The maximum absolute atomic E-state index is 6.22. The summed E-state index contributed by atoms with van der Waals surface area (Å²) in [5.74, 6) is 0. The van der Waals surface area contributed by atoms with Gasteiger partial charge in [-0.25, -0.2) is 0 Å². The van der Waals surface area contributed by atoms with E-state index in [-0.39, 0.29) is 18.1 Å². The zero-order valence-corrected chi connectivity index (χ0v) is 11.9. The second-order valence-corrected chi connectivity index (χ2v) is 17.2. The summed E-state index contributed by atoms with van der Waals surface area (Å²) in [6, 6.07) is 10.9. The molecule has 0 saturated carbocycles. The zero-order chi connectivity index (χ0) is 9.73. The van der Waals surface area contributed by atoms with E-state index in [1.165, 1.54) is 12.3 Å². The van der Waals surface area contributed by atoms with Crippen LogP contribution in [-0.4, -0.2) is 12.3 Å². The molecule has 0 heterocycles. The zero-order valence-electron chi connectivity index (χ0n) is 7.98. The molecule has 0 bridgehead atoms. The first kappa shape index (κ1) is 11.8. The molecular weight excluding hydrogens is 384 g/mol. The second-order valence-electron chi connectivity index (χ2n) is 3.02. The van der Waals surface area contributed by atoms with E-state index in [1.54, 1.807) is 5.30 Å². The van der Waals surface area contributed by atoms with Crippen molar-refractivity contribution < 1.29 is 18.1 Å². The molecule has 1 aromatic carbocycles. The van der Waals surface area contributed by atoms with Gasteiger partial charge in [-0.15, -0.1) is 0 Å². The van der Waals surface area contributed by atoms with Gasteiger partial charge in [0, 0.05) is 0 Å². The Morgan fingerprint density at radius 1 is 1.15 bits per heavy atom. The van der Waals surface area contributed by atoms with Gasteiger partial charge in [0.05, 0.1) is 0 Å². The molecular formula is C10H16AuClP. The Bertz CT molecular complexity index is 238. The van der Waals surface area contributed by atoms with Gasteiger partial charge in [0.15, 0.2) is 0 Å². The van der Waals surface area contributed by atoms with Gasteiger partial charge in [0.1, 0.15) is 0 Å². The maximum atomic E-state index is 6.22. The second kappa shape index (κ2) is 5.53. The van der Waals surface area contributed by atoms with Crippen molar-refractivity contribution in [2.75, 3.05) is 12.3 Å². The van der Waals surface area contributed by atoms with Crippen molar-refractivity contribution in [2.24, 2.45) is 0 Å². The van der Waals surface area contributed by atoms with Crippen LogP contribution in [0.1, 0.15) is 13.8 Å². The van der Waals surface area contributed by atoms with Crippen molar-refractivity contribution in [3.8, 4) is 0 Å². The molecule has 0 saturated heterocycles. The van der Waals surface area contributed by atoms with E-state index in [2.05, 4.69) is 44.2 Å². The molecule has 13 heavy (non-hydrogen) atoms. The molecule has 0 amide bonds. The van der Waals surface area contributed by atoms with E-state index in [4.69, 9.17) is 9.19 Å². The number of benzene rings is 1. The first-order valence-electron chi connectivity index (χ1n) is 4.55. The van der Waals surface area contributed by atoms with Gasteiger partial charge >= 0.3 is 94.3 Å². The monoisotopic (exact) mass is 399 g/mol. The molecule has 0 fully saturated rings. The molecule has 0 nitrogen and oxygen atoms in total. The average molecular weight is 400 g/mol. The molecule has 0 unspecified atom stereocenters. The Morgan fingerprint density at radius 3 is 2.08 bits per heavy atom. The van der Waals surface area contributed by atoms with Crippen LogP contribution in [0.15, 0.2) is 30.3 Å². The van der Waals surface area contributed by atoms with Crippen LogP contribution in [0.3, 0.4) is 0 Å². The number of hydrogen-bond donors (Lipinski definition) is 0. The van der Waals surface area contributed by atoms with Crippen molar-refractivity contribution in [1.29, 1.82) is 0 Å². The van der Waals surface area contributed by atoms with Gasteiger partial charge in [-0.2, -0.15) is 0 Å². The van der Waals surface area contributed by atoms with E-state index >= 15 is 0 Å². The fourth-order valence-corrected chi connectivity index (χ4v) is 12.9. The van der Waals surface area contributed by atoms with E-state index in [1.807, 2.05) is 0 Å². The Labute approximate surface area is 94.0 Å². The van der Waals surface area contributed by atoms with Gasteiger partial charge in [-0.1, -0.05) is 0 Å². The normalized spacial score (nSPS) is 13.2. The molecule has 0 spiro atoms. The first-order chi connectivity index (χ1) is 6.29. The van der Waals surface area contributed by atoms with Crippen molar-refractivity contribution in [3.05, 3.63) is 30.3 Å². The fourth-order valence-electron chi connectivity index (χ4n) is 1.50. The molecule has 0 atom stereocenters. The summed E-state index contributed by atoms with van der Waals surface area (Å²) < 4.78 is 0. The summed E-state index contributed by atoms with van der Waals surface area (Å²) in [4.78, 5) is 0. The Morgan fingerprint density at radius 2 is 1.69 bits per heavy atom. The third-order valence-corrected chi connectivity index (χ3v) is 20.3. The van der Waals surface area contributed by atoms with Crippen LogP contribution in [0, 0.1) is 0 Å². The molecule has 79 valence electrons. The molecule has 3 heteroatoms.